The van der Waals surface area contributed by atoms with E-state index < -0.39 is 20.5 Å². The molecule has 8 nitrogen and oxygen atoms in total. The van der Waals surface area contributed by atoms with Gasteiger partial charge in [-0.1, -0.05) is 0 Å². The molecule has 0 bridgehead atoms. The molecule has 0 aromatic heterocycles. The summed E-state index contributed by atoms with van der Waals surface area (Å²) in [6, 6.07) is 3.34. The number of nitrogens with one attached hydrogen (secondary N) is 1. The molecule has 21 heavy (non-hydrogen) atoms. The average Bonchev–Trinajstić information content (AvgIpc) is 2.36. The summed E-state index contributed by atoms with van der Waals surface area (Å²) in [6.07, 6.45) is 0. The van der Waals surface area contributed by atoms with Gasteiger partial charge < -0.3 is 10.5 Å². The minimum atomic E-state index is -3.84. The highest BCUT2D eigenvalue weighted by Gasteiger charge is 2.27. The van der Waals surface area contributed by atoms with Crippen LogP contribution >= 0.6 is 12.4 Å². The second-order valence-electron chi connectivity index (χ2n) is 4.78. The van der Waals surface area contributed by atoms with Crippen molar-refractivity contribution in [3.05, 3.63) is 28.3 Å². The lowest BCUT2D eigenvalue weighted by atomic mass is 10.1. The molecule has 0 atom stereocenters. The third-order valence-electron chi connectivity index (χ3n) is 2.58. The van der Waals surface area contributed by atoms with Crippen LogP contribution in [0, 0.1) is 10.1 Å². The van der Waals surface area contributed by atoms with Crippen LogP contribution in [0.25, 0.3) is 0 Å². The highest BCUT2D eigenvalue weighted by molar-refractivity contribution is 7.89. The topological polar surface area (TPSA) is 125 Å². The maximum Gasteiger partial charge on any atom is 0.310 e. The van der Waals surface area contributed by atoms with Gasteiger partial charge >= 0.3 is 5.69 Å². The highest BCUT2D eigenvalue weighted by atomic mass is 35.5. The molecular weight excluding hydrogens is 322 g/mol. The van der Waals surface area contributed by atoms with Gasteiger partial charge in [0.1, 0.15) is 0 Å². The van der Waals surface area contributed by atoms with E-state index in [1.165, 1.54) is 7.11 Å². The van der Waals surface area contributed by atoms with Gasteiger partial charge in [-0.3, -0.25) is 10.1 Å². The van der Waals surface area contributed by atoms with Gasteiger partial charge in [-0.15, -0.1) is 12.4 Å². The molecule has 0 spiro atoms. The van der Waals surface area contributed by atoms with Crippen molar-refractivity contribution >= 4 is 28.1 Å². The van der Waals surface area contributed by atoms with Crippen molar-refractivity contribution in [2.45, 2.75) is 24.3 Å². The molecule has 0 saturated heterocycles. The van der Waals surface area contributed by atoms with E-state index >= 15 is 0 Å². The fraction of sp³-hybridized carbons (Fsp3) is 0.455. The molecule has 0 fully saturated rings. The maximum atomic E-state index is 12.2. The fourth-order valence-electron chi connectivity index (χ4n) is 1.44. The zero-order valence-corrected chi connectivity index (χ0v) is 13.5. The molecule has 0 aliphatic rings. The minimum absolute atomic E-state index is 0. The van der Waals surface area contributed by atoms with E-state index in [2.05, 4.69) is 4.72 Å². The first-order valence-corrected chi connectivity index (χ1v) is 7.18. The smallest absolute Gasteiger partial charge is 0.310 e. The molecule has 120 valence electrons. The molecule has 0 aliphatic carbocycles. The molecule has 0 heterocycles. The Kier molecular flexibility index (Phi) is 6.55. The van der Waals surface area contributed by atoms with Crippen molar-refractivity contribution in [3.63, 3.8) is 0 Å². The molecule has 0 radical (unpaired) electrons. The van der Waals surface area contributed by atoms with Crippen LogP contribution in [0.3, 0.4) is 0 Å². The lowest BCUT2D eigenvalue weighted by Crippen LogP contribution is -2.48. The van der Waals surface area contributed by atoms with Crippen LogP contribution < -0.4 is 15.2 Å². The largest absolute Gasteiger partial charge is 0.490 e. The van der Waals surface area contributed by atoms with Gasteiger partial charge in [-0.2, -0.15) is 0 Å². The molecular formula is C11H18ClN3O5S. The Bertz CT molecular complexity index is 618. The van der Waals surface area contributed by atoms with E-state index in [-0.39, 0.29) is 35.3 Å². The third-order valence-corrected chi connectivity index (χ3v) is 4.28. The first kappa shape index (κ1) is 19.6. The fourth-order valence-corrected chi connectivity index (χ4v) is 2.88. The molecule has 10 heteroatoms. The number of rotatable bonds is 6. The van der Waals surface area contributed by atoms with Crippen LogP contribution in [0.4, 0.5) is 5.69 Å². The van der Waals surface area contributed by atoms with E-state index in [0.29, 0.717) is 0 Å². The van der Waals surface area contributed by atoms with Crippen molar-refractivity contribution in [2.75, 3.05) is 13.7 Å². The summed E-state index contributed by atoms with van der Waals surface area (Å²) >= 11 is 0. The number of nitro benzene ring substituents is 1. The molecule has 0 aliphatic heterocycles. The number of hydrogen-bond acceptors (Lipinski definition) is 6. The molecule has 1 aromatic carbocycles. The van der Waals surface area contributed by atoms with Crippen LogP contribution in [0.5, 0.6) is 5.75 Å². The number of halogens is 1. The average molecular weight is 340 g/mol. The van der Waals surface area contributed by atoms with Crippen LogP contribution in [0.15, 0.2) is 23.1 Å². The van der Waals surface area contributed by atoms with E-state index in [0.717, 1.165) is 18.2 Å². The van der Waals surface area contributed by atoms with Crippen molar-refractivity contribution in [2.24, 2.45) is 5.73 Å². The lowest BCUT2D eigenvalue weighted by Gasteiger charge is -2.23. The van der Waals surface area contributed by atoms with Gasteiger partial charge in [0.05, 0.1) is 16.9 Å². The molecule has 0 saturated carbocycles. The van der Waals surface area contributed by atoms with E-state index in [1.807, 2.05) is 0 Å². The number of nitrogens with zero attached hydrogens (tertiary/aromatic N) is 1. The summed E-state index contributed by atoms with van der Waals surface area (Å²) in [5.41, 5.74) is 4.34. The van der Waals surface area contributed by atoms with Crippen LogP contribution in [0.1, 0.15) is 13.8 Å². The van der Waals surface area contributed by atoms with Gasteiger partial charge in [0, 0.05) is 24.2 Å². The van der Waals surface area contributed by atoms with Gasteiger partial charge in [0.2, 0.25) is 10.0 Å². The second-order valence-corrected chi connectivity index (χ2v) is 6.47. The molecule has 0 unspecified atom stereocenters. The van der Waals surface area contributed by atoms with E-state index in [4.69, 9.17) is 10.5 Å². The Balaban J connectivity index is 0.00000400. The normalized spacial score (nSPS) is 11.6. The Morgan fingerprint density at radius 2 is 2.00 bits per heavy atom. The number of hydrogen-bond donors (Lipinski definition) is 2. The maximum absolute atomic E-state index is 12.2. The van der Waals surface area contributed by atoms with E-state index in [9.17, 15) is 18.5 Å². The number of nitro groups is 1. The monoisotopic (exact) mass is 339 g/mol. The summed E-state index contributed by atoms with van der Waals surface area (Å²) in [5.74, 6) is -0.122. The SMILES string of the molecule is COc1cc(S(=O)(=O)NC(C)(C)CN)ccc1[N+](=O)[O-].Cl. The summed E-state index contributed by atoms with van der Waals surface area (Å²) in [4.78, 5) is 9.99. The second kappa shape index (κ2) is 7.03. The number of benzene rings is 1. The van der Waals surface area contributed by atoms with Gasteiger partial charge in [0.25, 0.3) is 0 Å². The lowest BCUT2D eigenvalue weighted by molar-refractivity contribution is -0.385. The highest BCUT2D eigenvalue weighted by Crippen LogP contribution is 2.29. The predicted molar refractivity (Wildman–Crippen MR) is 80.4 cm³/mol. The van der Waals surface area contributed by atoms with Crippen molar-refractivity contribution in [3.8, 4) is 5.75 Å². The number of nitrogens with two attached hydrogens (primary N) is 1. The van der Waals surface area contributed by atoms with Gasteiger partial charge in [0.15, 0.2) is 5.75 Å². The predicted octanol–water partition coefficient (Wildman–Crippen LogP) is 1.04. The Morgan fingerprint density at radius 1 is 1.43 bits per heavy atom. The third kappa shape index (κ3) is 4.81. The van der Waals surface area contributed by atoms with Crippen LogP contribution in [-0.4, -0.2) is 32.5 Å². The molecule has 3 N–H and O–H groups in total. The van der Waals surface area contributed by atoms with Crippen LogP contribution in [0.2, 0.25) is 0 Å². The Hall–Kier alpha value is -1.42. The van der Waals surface area contributed by atoms with Crippen molar-refractivity contribution in [1.29, 1.82) is 0 Å². The Labute approximate surface area is 129 Å². The zero-order valence-electron chi connectivity index (χ0n) is 11.8. The van der Waals surface area contributed by atoms with Crippen molar-refractivity contribution in [1.82, 2.24) is 4.72 Å². The van der Waals surface area contributed by atoms with E-state index in [1.54, 1.807) is 13.8 Å². The summed E-state index contributed by atoms with van der Waals surface area (Å²) in [5, 5.41) is 10.8. The summed E-state index contributed by atoms with van der Waals surface area (Å²) < 4.78 is 31.6. The number of ether oxygens (including phenoxy) is 1. The molecule has 0 amide bonds. The Morgan fingerprint density at radius 3 is 2.43 bits per heavy atom. The zero-order chi connectivity index (χ0) is 15.6. The molecule has 1 aromatic rings. The number of methoxy groups -OCH3 is 1. The standard InChI is InChI=1S/C11H17N3O5S.ClH/c1-11(2,7-12)13-20(17,18)8-4-5-9(14(15)16)10(6-8)19-3;/h4-6,13H,7,12H2,1-3H3;1H. The first-order valence-electron chi connectivity index (χ1n) is 5.69. The van der Waals surface area contributed by atoms with Crippen LogP contribution in [-0.2, 0) is 10.0 Å². The number of sulfonamides is 1. The van der Waals surface area contributed by atoms with Crippen molar-refractivity contribution < 1.29 is 18.1 Å². The summed E-state index contributed by atoms with van der Waals surface area (Å²) in [7, 11) is -2.61. The van der Waals surface area contributed by atoms with Gasteiger partial charge in [-0.05, 0) is 19.9 Å². The quantitative estimate of drug-likeness (QED) is 0.589. The first-order chi connectivity index (χ1) is 9.13. The van der Waals surface area contributed by atoms with Gasteiger partial charge in [-0.25, -0.2) is 13.1 Å². The molecule has 1 rings (SSSR count). The summed E-state index contributed by atoms with van der Waals surface area (Å²) in [6.45, 7) is 3.37. The minimum Gasteiger partial charge on any atom is -0.490 e.